The number of thioether (sulfide) groups is 2. The van der Waals surface area contributed by atoms with Gasteiger partial charge in [-0.05, 0) is 52.0 Å². The van der Waals surface area contributed by atoms with Crippen LogP contribution in [0.5, 0.6) is 0 Å². The lowest BCUT2D eigenvalue weighted by Gasteiger charge is -2.51. The zero-order valence-corrected chi connectivity index (χ0v) is 28.7. The first-order valence-electron chi connectivity index (χ1n) is 14.4. The first-order chi connectivity index (χ1) is 21.4. The van der Waals surface area contributed by atoms with Crippen molar-refractivity contribution in [2.75, 3.05) is 24.0 Å². The van der Waals surface area contributed by atoms with Crippen molar-refractivity contribution in [3.8, 4) is 0 Å². The Bertz CT molecular complexity index is 1380. The van der Waals surface area contributed by atoms with Gasteiger partial charge in [0.1, 0.15) is 29.6 Å². The molecule has 0 amide bonds. The Labute approximate surface area is 285 Å². The van der Waals surface area contributed by atoms with Gasteiger partial charge in [-0.2, -0.15) is 0 Å². The van der Waals surface area contributed by atoms with E-state index in [0.717, 1.165) is 26.6 Å². The highest BCUT2D eigenvalue weighted by Crippen LogP contribution is 2.44. The van der Waals surface area contributed by atoms with Crippen LogP contribution in [-0.4, -0.2) is 64.9 Å². The van der Waals surface area contributed by atoms with E-state index in [1.54, 1.807) is 11.8 Å². The largest absolute Gasteiger partial charge is 0.456 e. The number of alkyl halides is 1. The Balaban J connectivity index is 1.44. The molecule has 0 N–H and O–H groups in total. The Morgan fingerprint density at radius 2 is 1.70 bits per heavy atom. The summed E-state index contributed by atoms with van der Waals surface area (Å²) >= 11 is 10.9. The van der Waals surface area contributed by atoms with Crippen molar-refractivity contribution >= 4 is 68.8 Å². The van der Waals surface area contributed by atoms with E-state index in [-0.39, 0.29) is 24.2 Å². The first kappa shape index (κ1) is 33.7. The third kappa shape index (κ3) is 8.01. The standard InChI is InChI=1S/C33H34ClIO7S2/c1-2-43-31-30(38-20-22-11-5-3-6-12-22)29(41-27(36)19-34)28-26(40-31)21-39-33(42-28,24-14-7-4-8-15-24)32(37)44-18-17-23-13-9-10-16-25(23)35/h3-16,26,28-31H,2,17-21H2,1H3/t26-,28-,29+,30+,31-,33-/m1/s1. The molecule has 0 aromatic heterocycles. The predicted octanol–water partition coefficient (Wildman–Crippen LogP) is 6.58. The second-order valence-electron chi connectivity index (χ2n) is 10.2. The third-order valence-corrected chi connectivity index (χ3v) is 10.6. The van der Waals surface area contributed by atoms with Crippen molar-refractivity contribution in [1.82, 2.24) is 0 Å². The number of benzene rings is 3. The van der Waals surface area contributed by atoms with Crippen LogP contribution in [0.4, 0.5) is 0 Å². The van der Waals surface area contributed by atoms with Crippen molar-refractivity contribution in [2.45, 2.75) is 55.6 Å². The predicted molar refractivity (Wildman–Crippen MR) is 182 cm³/mol. The van der Waals surface area contributed by atoms with Gasteiger partial charge in [0.2, 0.25) is 0 Å². The second-order valence-corrected chi connectivity index (χ2v) is 14.1. The average molecular weight is 769 g/mol. The van der Waals surface area contributed by atoms with Gasteiger partial charge in [0.05, 0.1) is 13.2 Å². The SMILES string of the molecule is CCS[C@H]1O[C@@H]2CO[C@](C(=O)SCCc3ccccc3I)(c3ccccc3)O[C@H]2[C@H](OC(=O)CCl)[C@@H]1OCc1ccccc1. The number of halogens is 2. The number of carbonyl (C=O) groups is 2. The minimum absolute atomic E-state index is 0.0591. The fourth-order valence-electron chi connectivity index (χ4n) is 5.22. The molecule has 7 nitrogen and oxygen atoms in total. The summed E-state index contributed by atoms with van der Waals surface area (Å²) in [7, 11) is 0. The summed E-state index contributed by atoms with van der Waals surface area (Å²) in [6.07, 6.45) is -2.35. The minimum atomic E-state index is -1.74. The second kappa shape index (κ2) is 16.3. The number of aryl methyl sites for hydroxylation is 1. The maximum absolute atomic E-state index is 14.1. The fourth-order valence-corrected chi connectivity index (χ4v) is 7.84. The maximum Gasteiger partial charge on any atom is 0.321 e. The van der Waals surface area contributed by atoms with Gasteiger partial charge in [0.15, 0.2) is 6.10 Å². The van der Waals surface area contributed by atoms with E-state index in [2.05, 4.69) is 28.7 Å². The van der Waals surface area contributed by atoms with Crippen LogP contribution in [0.25, 0.3) is 0 Å². The van der Waals surface area contributed by atoms with Gasteiger partial charge in [0.25, 0.3) is 10.9 Å². The van der Waals surface area contributed by atoms with Gasteiger partial charge in [0, 0.05) is 14.9 Å². The number of esters is 1. The monoisotopic (exact) mass is 768 g/mol. The molecule has 2 fully saturated rings. The van der Waals surface area contributed by atoms with Gasteiger partial charge in [-0.15, -0.1) is 23.4 Å². The normalized spacial score (nSPS) is 26.5. The lowest BCUT2D eigenvalue weighted by molar-refractivity contribution is -0.354. The van der Waals surface area contributed by atoms with E-state index >= 15 is 0 Å². The number of rotatable bonds is 12. The molecule has 2 aliphatic rings. The highest BCUT2D eigenvalue weighted by molar-refractivity contribution is 14.1. The minimum Gasteiger partial charge on any atom is -0.456 e. The van der Waals surface area contributed by atoms with Crippen LogP contribution in [0, 0.1) is 3.57 Å². The van der Waals surface area contributed by atoms with Crippen molar-refractivity contribution < 1.29 is 33.3 Å². The maximum atomic E-state index is 14.1. The van der Waals surface area contributed by atoms with Crippen LogP contribution >= 0.6 is 57.7 Å². The number of fused-ring (bicyclic) bond motifs is 1. The molecule has 3 aromatic carbocycles. The number of hydrogen-bond donors (Lipinski definition) is 0. The van der Waals surface area contributed by atoms with E-state index in [9.17, 15) is 9.59 Å². The molecule has 0 radical (unpaired) electrons. The molecule has 0 aliphatic carbocycles. The number of carbonyl (C=O) groups excluding carboxylic acids is 2. The summed E-state index contributed by atoms with van der Waals surface area (Å²) < 4.78 is 33.0. The summed E-state index contributed by atoms with van der Waals surface area (Å²) in [6.45, 7) is 2.35. The molecule has 6 atom stereocenters. The molecular formula is C33H34ClIO7S2. The van der Waals surface area contributed by atoms with Crippen molar-refractivity contribution in [3.05, 3.63) is 105 Å². The van der Waals surface area contributed by atoms with E-state index in [1.807, 2.05) is 85.8 Å². The molecule has 0 saturated carbocycles. The first-order valence-corrected chi connectivity index (χ1v) is 18.1. The number of ether oxygens (including phenoxy) is 5. The van der Waals surface area contributed by atoms with E-state index in [0.29, 0.717) is 17.7 Å². The van der Waals surface area contributed by atoms with Gasteiger partial charge < -0.3 is 23.7 Å². The summed E-state index contributed by atoms with van der Waals surface area (Å²) in [5.74, 6) is -1.40. The van der Waals surface area contributed by atoms with E-state index in [4.69, 9.17) is 35.3 Å². The molecule has 2 saturated heterocycles. The van der Waals surface area contributed by atoms with E-state index in [1.165, 1.54) is 5.56 Å². The molecular weight excluding hydrogens is 735 g/mol. The molecule has 2 heterocycles. The van der Waals surface area contributed by atoms with Crippen molar-refractivity contribution in [3.63, 3.8) is 0 Å². The molecule has 0 spiro atoms. The van der Waals surface area contributed by atoms with Gasteiger partial charge in [-0.25, -0.2) is 0 Å². The third-order valence-electron chi connectivity index (χ3n) is 7.32. The van der Waals surface area contributed by atoms with Crippen molar-refractivity contribution in [1.29, 1.82) is 0 Å². The Hall–Kier alpha value is -1.64. The zero-order valence-electron chi connectivity index (χ0n) is 24.1. The van der Waals surface area contributed by atoms with Gasteiger partial charge in [-0.1, -0.05) is 97.5 Å². The Morgan fingerprint density at radius 3 is 2.41 bits per heavy atom. The van der Waals surface area contributed by atoms with Crippen LogP contribution in [0.1, 0.15) is 23.6 Å². The van der Waals surface area contributed by atoms with Gasteiger partial charge >= 0.3 is 5.97 Å². The Morgan fingerprint density at radius 1 is 1.00 bits per heavy atom. The van der Waals surface area contributed by atoms with Gasteiger partial charge in [-0.3, -0.25) is 9.59 Å². The lowest BCUT2D eigenvalue weighted by Crippen LogP contribution is -2.66. The number of hydrogen-bond acceptors (Lipinski definition) is 9. The highest BCUT2D eigenvalue weighted by Gasteiger charge is 2.58. The lowest BCUT2D eigenvalue weighted by atomic mass is 9.96. The molecule has 44 heavy (non-hydrogen) atoms. The van der Waals surface area contributed by atoms with E-state index < -0.39 is 41.6 Å². The average Bonchev–Trinajstić information content (AvgIpc) is 3.06. The molecule has 0 bridgehead atoms. The molecule has 0 unspecified atom stereocenters. The topological polar surface area (TPSA) is 80.3 Å². The Kier molecular flexibility index (Phi) is 12.5. The summed E-state index contributed by atoms with van der Waals surface area (Å²) in [6, 6.07) is 27.0. The quantitative estimate of drug-likeness (QED) is 0.116. The molecule has 11 heteroatoms. The van der Waals surface area contributed by atoms with Crippen molar-refractivity contribution in [2.24, 2.45) is 0 Å². The van der Waals surface area contributed by atoms with Crippen LogP contribution in [0.2, 0.25) is 0 Å². The summed E-state index contributed by atoms with van der Waals surface area (Å²) in [5.41, 5.74) is 2.22. The van der Waals surface area contributed by atoms with Crippen LogP contribution < -0.4 is 0 Å². The zero-order chi connectivity index (χ0) is 30.9. The summed E-state index contributed by atoms with van der Waals surface area (Å²) in [4.78, 5) is 26.8. The smallest absolute Gasteiger partial charge is 0.321 e. The molecule has 3 aromatic rings. The van der Waals surface area contributed by atoms with Crippen LogP contribution in [-0.2, 0) is 52.1 Å². The van der Waals surface area contributed by atoms with Crippen LogP contribution in [0.15, 0.2) is 84.9 Å². The highest BCUT2D eigenvalue weighted by atomic mass is 127. The summed E-state index contributed by atoms with van der Waals surface area (Å²) in [5, 5.41) is -0.290. The molecule has 234 valence electrons. The molecule has 5 rings (SSSR count). The van der Waals surface area contributed by atoms with Crippen LogP contribution in [0.3, 0.4) is 0 Å². The fraction of sp³-hybridized carbons (Fsp3) is 0.394. The molecule has 2 aliphatic heterocycles.